The first-order valence-electron chi connectivity index (χ1n) is 10.7. The summed E-state index contributed by atoms with van der Waals surface area (Å²) in [6.45, 7) is 1.51. The lowest BCUT2D eigenvalue weighted by Gasteiger charge is -2.31. The summed E-state index contributed by atoms with van der Waals surface area (Å²) in [4.78, 5) is 39.0. The number of likely N-dealkylation sites (tertiary alicyclic amines) is 1. The van der Waals surface area contributed by atoms with Crippen LogP contribution in [0.3, 0.4) is 0 Å². The van der Waals surface area contributed by atoms with Crippen molar-refractivity contribution in [2.24, 2.45) is 5.92 Å². The van der Waals surface area contributed by atoms with Gasteiger partial charge in [-0.2, -0.15) is 0 Å². The summed E-state index contributed by atoms with van der Waals surface area (Å²) >= 11 is 0. The monoisotopic (exact) mass is 441 g/mol. The van der Waals surface area contributed by atoms with Gasteiger partial charge >= 0.3 is 5.97 Å². The van der Waals surface area contributed by atoms with Gasteiger partial charge in [0.05, 0.1) is 19.1 Å². The van der Waals surface area contributed by atoms with E-state index in [9.17, 15) is 18.8 Å². The van der Waals surface area contributed by atoms with Crippen LogP contribution in [-0.4, -0.2) is 55.5 Å². The highest BCUT2D eigenvalue weighted by atomic mass is 19.1. The Morgan fingerprint density at radius 3 is 2.31 bits per heavy atom. The van der Waals surface area contributed by atoms with Gasteiger partial charge in [0.15, 0.2) is 23.9 Å². The Labute approximate surface area is 185 Å². The van der Waals surface area contributed by atoms with Gasteiger partial charge < -0.3 is 19.1 Å². The van der Waals surface area contributed by atoms with Crippen molar-refractivity contribution in [3.8, 4) is 11.5 Å². The number of hydrogen-bond donors (Lipinski definition) is 0. The maximum atomic E-state index is 13.0. The molecule has 0 spiro atoms. The molecule has 2 aliphatic heterocycles. The number of nitrogens with zero attached hydrogens (tertiary/aromatic N) is 1. The minimum Gasteiger partial charge on any atom is -0.490 e. The molecule has 8 heteroatoms. The van der Waals surface area contributed by atoms with Crippen molar-refractivity contribution in [3.63, 3.8) is 0 Å². The highest BCUT2D eigenvalue weighted by Gasteiger charge is 2.29. The summed E-state index contributed by atoms with van der Waals surface area (Å²) in [6, 6.07) is 10.3. The van der Waals surface area contributed by atoms with E-state index >= 15 is 0 Å². The van der Waals surface area contributed by atoms with E-state index < -0.39 is 11.8 Å². The molecule has 0 unspecified atom stereocenters. The van der Waals surface area contributed by atoms with Crippen LogP contribution in [-0.2, 0) is 9.53 Å². The maximum Gasteiger partial charge on any atom is 0.309 e. The zero-order valence-electron chi connectivity index (χ0n) is 17.6. The highest BCUT2D eigenvalue weighted by Crippen LogP contribution is 2.30. The molecule has 1 fully saturated rings. The molecule has 168 valence electrons. The van der Waals surface area contributed by atoms with Crippen molar-refractivity contribution >= 4 is 17.7 Å². The molecule has 0 atom stereocenters. The second kappa shape index (κ2) is 9.80. The Balaban J connectivity index is 1.26. The molecular weight excluding hydrogens is 417 g/mol. The number of ether oxygens (including phenoxy) is 3. The van der Waals surface area contributed by atoms with Crippen molar-refractivity contribution in [1.82, 2.24) is 4.90 Å². The minimum absolute atomic E-state index is 0.193. The van der Waals surface area contributed by atoms with E-state index in [-0.39, 0.29) is 24.2 Å². The predicted octanol–water partition coefficient (Wildman–Crippen LogP) is 3.27. The first kappa shape index (κ1) is 21.8. The molecule has 2 aromatic rings. The second-order valence-electron chi connectivity index (χ2n) is 7.82. The van der Waals surface area contributed by atoms with Crippen LogP contribution in [0.2, 0.25) is 0 Å². The van der Waals surface area contributed by atoms with Crippen molar-refractivity contribution in [2.45, 2.75) is 19.3 Å². The molecule has 0 N–H and O–H groups in total. The Kier molecular flexibility index (Phi) is 6.68. The van der Waals surface area contributed by atoms with Gasteiger partial charge in [-0.25, -0.2) is 4.39 Å². The van der Waals surface area contributed by atoms with Gasteiger partial charge in [0, 0.05) is 30.6 Å². The molecular formula is C24H24FNO6. The highest BCUT2D eigenvalue weighted by molar-refractivity contribution is 5.98. The van der Waals surface area contributed by atoms with E-state index in [1.54, 1.807) is 23.1 Å². The zero-order valence-corrected chi connectivity index (χ0v) is 17.6. The fourth-order valence-electron chi connectivity index (χ4n) is 3.77. The molecule has 1 amide bonds. The Hall–Kier alpha value is -3.42. The fourth-order valence-corrected chi connectivity index (χ4v) is 3.77. The van der Waals surface area contributed by atoms with E-state index in [4.69, 9.17) is 14.2 Å². The molecule has 0 radical (unpaired) electrons. The van der Waals surface area contributed by atoms with Gasteiger partial charge in [-0.3, -0.25) is 14.4 Å². The SMILES string of the molecule is O=C(COC(=O)C1CCN(C(=O)c2ccc(F)cc2)CC1)c1ccc2c(c1)OCCCO2. The number of ketones is 1. The summed E-state index contributed by atoms with van der Waals surface area (Å²) in [5.41, 5.74) is 0.801. The van der Waals surface area contributed by atoms with Crippen LogP contribution >= 0.6 is 0 Å². The van der Waals surface area contributed by atoms with Crippen molar-refractivity contribution < 1.29 is 33.0 Å². The first-order valence-corrected chi connectivity index (χ1v) is 10.7. The van der Waals surface area contributed by atoms with Crippen LogP contribution in [0.4, 0.5) is 4.39 Å². The third-order valence-electron chi connectivity index (χ3n) is 5.62. The standard InChI is InChI=1S/C24H24FNO6/c25-19-5-2-16(3-6-19)23(28)26-10-8-17(9-11-26)24(29)32-15-20(27)18-4-7-21-22(14-18)31-13-1-12-30-21/h2-7,14,17H,1,8-13,15H2. The summed E-state index contributed by atoms with van der Waals surface area (Å²) in [6.07, 6.45) is 1.66. The lowest BCUT2D eigenvalue weighted by molar-refractivity contribution is -0.148. The number of fused-ring (bicyclic) bond motifs is 1. The van der Waals surface area contributed by atoms with Crippen molar-refractivity contribution in [2.75, 3.05) is 32.9 Å². The molecule has 7 nitrogen and oxygen atoms in total. The number of hydrogen-bond acceptors (Lipinski definition) is 6. The predicted molar refractivity (Wildman–Crippen MR) is 112 cm³/mol. The lowest BCUT2D eigenvalue weighted by Crippen LogP contribution is -2.40. The van der Waals surface area contributed by atoms with Crippen LogP contribution < -0.4 is 9.47 Å². The molecule has 0 saturated carbocycles. The summed E-state index contributed by atoms with van der Waals surface area (Å²) in [5.74, 6) is -0.620. The number of carbonyl (C=O) groups excluding carboxylic acids is 3. The Bertz CT molecular complexity index is 998. The maximum absolute atomic E-state index is 13.0. The van der Waals surface area contributed by atoms with E-state index in [1.807, 2.05) is 0 Å². The number of carbonyl (C=O) groups is 3. The second-order valence-corrected chi connectivity index (χ2v) is 7.82. The van der Waals surface area contributed by atoms with Crippen LogP contribution in [0.5, 0.6) is 11.5 Å². The third kappa shape index (κ3) is 5.07. The minimum atomic E-state index is -0.443. The quantitative estimate of drug-likeness (QED) is 0.523. The number of Topliss-reactive ketones (excluding diaryl/α,β-unsaturated/α-hetero) is 1. The number of amides is 1. The van der Waals surface area contributed by atoms with Gasteiger partial charge in [0.25, 0.3) is 5.91 Å². The molecule has 0 aliphatic carbocycles. The number of halogens is 1. The van der Waals surface area contributed by atoms with Crippen LogP contribution in [0.25, 0.3) is 0 Å². The van der Waals surface area contributed by atoms with E-state index in [2.05, 4.69) is 0 Å². The van der Waals surface area contributed by atoms with E-state index in [1.165, 1.54) is 24.3 Å². The van der Waals surface area contributed by atoms with Crippen LogP contribution in [0, 0.1) is 11.7 Å². The normalized spacial score (nSPS) is 16.2. The van der Waals surface area contributed by atoms with Crippen molar-refractivity contribution in [1.29, 1.82) is 0 Å². The van der Waals surface area contributed by atoms with Crippen molar-refractivity contribution in [3.05, 3.63) is 59.4 Å². The number of benzene rings is 2. The summed E-state index contributed by atoms with van der Waals surface area (Å²) in [5, 5.41) is 0. The molecule has 2 aliphatic rings. The Morgan fingerprint density at radius 2 is 1.59 bits per heavy atom. The third-order valence-corrected chi connectivity index (χ3v) is 5.62. The molecule has 4 rings (SSSR count). The Morgan fingerprint density at radius 1 is 0.938 bits per heavy atom. The van der Waals surface area contributed by atoms with Gasteiger partial charge in [-0.15, -0.1) is 0 Å². The molecule has 32 heavy (non-hydrogen) atoms. The fraction of sp³-hybridized carbons (Fsp3) is 0.375. The lowest BCUT2D eigenvalue weighted by atomic mass is 9.96. The van der Waals surface area contributed by atoms with Crippen LogP contribution in [0.15, 0.2) is 42.5 Å². The largest absolute Gasteiger partial charge is 0.490 e. The molecule has 2 heterocycles. The molecule has 1 saturated heterocycles. The van der Waals surface area contributed by atoms with E-state index in [0.29, 0.717) is 61.8 Å². The smallest absolute Gasteiger partial charge is 0.309 e. The van der Waals surface area contributed by atoms with Gasteiger partial charge in [0.1, 0.15) is 5.82 Å². The molecule has 0 aromatic heterocycles. The average molecular weight is 441 g/mol. The van der Waals surface area contributed by atoms with E-state index in [0.717, 1.165) is 6.42 Å². The summed E-state index contributed by atoms with van der Waals surface area (Å²) in [7, 11) is 0. The van der Waals surface area contributed by atoms with Crippen LogP contribution in [0.1, 0.15) is 40.0 Å². The number of rotatable bonds is 5. The van der Waals surface area contributed by atoms with Gasteiger partial charge in [0.2, 0.25) is 0 Å². The van der Waals surface area contributed by atoms with Gasteiger partial charge in [-0.1, -0.05) is 0 Å². The van der Waals surface area contributed by atoms with Gasteiger partial charge in [-0.05, 0) is 55.3 Å². The molecule has 2 aromatic carbocycles. The summed E-state index contributed by atoms with van der Waals surface area (Å²) < 4.78 is 29.4. The topological polar surface area (TPSA) is 82.1 Å². The number of piperidine rings is 1. The molecule has 0 bridgehead atoms. The number of esters is 1. The zero-order chi connectivity index (χ0) is 22.5. The first-order chi connectivity index (χ1) is 15.5. The average Bonchev–Trinajstić information content (AvgIpc) is 3.07.